The third kappa shape index (κ3) is 16.5. The Morgan fingerprint density at radius 3 is 2.07 bits per heavy atom. The zero-order chi connectivity index (χ0) is 20.2. The molecule has 0 saturated heterocycles. The van der Waals surface area contributed by atoms with Gasteiger partial charge < -0.3 is 15.5 Å². The monoisotopic (exact) mass is 379 g/mol. The van der Waals surface area contributed by atoms with Crippen LogP contribution in [0.3, 0.4) is 0 Å². The molecule has 0 radical (unpaired) electrons. The minimum Gasteiger partial charge on any atom is -0.394 e. The predicted molar refractivity (Wildman–Crippen MR) is 115 cm³/mol. The Labute approximate surface area is 166 Å². The summed E-state index contributed by atoms with van der Waals surface area (Å²) in [5, 5.41) is 22.3. The number of hydrogen-bond acceptors (Lipinski definition) is 3. The van der Waals surface area contributed by atoms with Gasteiger partial charge in [0.2, 0.25) is 5.91 Å². The molecule has 3 N–H and O–H groups in total. The van der Waals surface area contributed by atoms with Crippen LogP contribution in [0.4, 0.5) is 0 Å². The van der Waals surface area contributed by atoms with Gasteiger partial charge in [-0.3, -0.25) is 4.79 Å². The fraction of sp³-hybridized carbons (Fsp3) is 0.696. The van der Waals surface area contributed by atoms with Crippen molar-refractivity contribution in [3.05, 3.63) is 36.5 Å². The number of hydrogen-bond donors (Lipinski definition) is 3. The lowest BCUT2D eigenvalue weighted by atomic mass is 10.1. The maximum absolute atomic E-state index is 11.9. The molecule has 0 saturated carbocycles. The van der Waals surface area contributed by atoms with Crippen LogP contribution in [0, 0.1) is 0 Å². The summed E-state index contributed by atoms with van der Waals surface area (Å²) in [4.78, 5) is 11.9. The molecule has 2 unspecified atom stereocenters. The van der Waals surface area contributed by atoms with Gasteiger partial charge in [-0.05, 0) is 38.5 Å². The second-order valence-electron chi connectivity index (χ2n) is 6.95. The van der Waals surface area contributed by atoms with Crippen LogP contribution in [0.25, 0.3) is 0 Å². The standard InChI is InChI=1S/C23H41NO3/c1-3-5-7-9-10-11-12-13-15-16-18-22(26)21(20-25)24-23(27)19-17-14-8-6-4-2/h5,7,11-12,16,18,21-22,25-26H,3-4,6,8-10,13-15,17,19-20H2,1-2H3,(H,24,27)/b7-5+,12-11+,18-16+. The van der Waals surface area contributed by atoms with Crippen LogP contribution >= 0.6 is 0 Å². The molecule has 0 rings (SSSR count). The van der Waals surface area contributed by atoms with Gasteiger partial charge in [-0.15, -0.1) is 0 Å². The Morgan fingerprint density at radius 1 is 0.889 bits per heavy atom. The summed E-state index contributed by atoms with van der Waals surface area (Å²) >= 11 is 0. The number of unbranched alkanes of at least 4 members (excludes halogenated alkanes) is 6. The van der Waals surface area contributed by atoms with E-state index in [0.29, 0.717) is 6.42 Å². The Hall–Kier alpha value is -1.39. The summed E-state index contributed by atoms with van der Waals surface area (Å²) in [5.74, 6) is -0.0990. The average Bonchev–Trinajstić information content (AvgIpc) is 2.67. The third-order valence-corrected chi connectivity index (χ3v) is 4.37. The second-order valence-corrected chi connectivity index (χ2v) is 6.95. The lowest BCUT2D eigenvalue weighted by molar-refractivity contribution is -0.123. The first-order valence-corrected chi connectivity index (χ1v) is 10.7. The van der Waals surface area contributed by atoms with E-state index in [9.17, 15) is 15.0 Å². The number of aliphatic hydroxyl groups is 2. The normalized spacial score (nSPS) is 14.4. The van der Waals surface area contributed by atoms with Crippen LogP contribution in [-0.2, 0) is 4.79 Å². The zero-order valence-electron chi connectivity index (χ0n) is 17.4. The van der Waals surface area contributed by atoms with E-state index in [1.54, 1.807) is 6.08 Å². The first-order chi connectivity index (χ1) is 13.2. The van der Waals surface area contributed by atoms with Crippen molar-refractivity contribution in [3.8, 4) is 0 Å². The molecular formula is C23H41NO3. The fourth-order valence-electron chi connectivity index (χ4n) is 2.68. The van der Waals surface area contributed by atoms with Crippen molar-refractivity contribution >= 4 is 5.91 Å². The zero-order valence-corrected chi connectivity index (χ0v) is 17.4. The SMILES string of the molecule is CC/C=C/CC/C=C/CC/C=C/C(O)C(CO)NC(=O)CCCCCCC. The van der Waals surface area contributed by atoms with Gasteiger partial charge in [0.1, 0.15) is 0 Å². The van der Waals surface area contributed by atoms with Crippen molar-refractivity contribution in [3.63, 3.8) is 0 Å². The van der Waals surface area contributed by atoms with E-state index < -0.39 is 12.1 Å². The van der Waals surface area contributed by atoms with Crippen molar-refractivity contribution in [2.24, 2.45) is 0 Å². The maximum atomic E-state index is 11.9. The first-order valence-electron chi connectivity index (χ1n) is 10.7. The van der Waals surface area contributed by atoms with E-state index in [1.807, 2.05) is 6.08 Å². The maximum Gasteiger partial charge on any atom is 0.220 e. The van der Waals surface area contributed by atoms with Gasteiger partial charge in [0.25, 0.3) is 0 Å². The van der Waals surface area contributed by atoms with Crippen LogP contribution in [0.5, 0.6) is 0 Å². The molecule has 0 aromatic carbocycles. The van der Waals surface area contributed by atoms with Crippen LogP contribution < -0.4 is 5.32 Å². The molecule has 0 heterocycles. The first kappa shape index (κ1) is 25.6. The van der Waals surface area contributed by atoms with E-state index in [0.717, 1.165) is 51.4 Å². The number of rotatable bonds is 17. The number of aliphatic hydroxyl groups excluding tert-OH is 2. The van der Waals surface area contributed by atoms with E-state index in [1.165, 1.54) is 12.8 Å². The largest absolute Gasteiger partial charge is 0.394 e. The highest BCUT2D eigenvalue weighted by Gasteiger charge is 2.17. The van der Waals surface area contributed by atoms with Crippen molar-refractivity contribution in [1.29, 1.82) is 0 Å². The molecule has 0 aliphatic rings. The molecule has 1 amide bonds. The Balaban J connectivity index is 3.94. The molecule has 0 aliphatic carbocycles. The van der Waals surface area contributed by atoms with Crippen LogP contribution in [-0.4, -0.2) is 34.9 Å². The highest BCUT2D eigenvalue weighted by atomic mass is 16.3. The molecule has 0 spiro atoms. The van der Waals surface area contributed by atoms with E-state index in [2.05, 4.69) is 43.5 Å². The molecule has 4 heteroatoms. The molecular weight excluding hydrogens is 338 g/mol. The summed E-state index contributed by atoms with van der Waals surface area (Å²) in [5.41, 5.74) is 0. The average molecular weight is 380 g/mol. The van der Waals surface area contributed by atoms with E-state index in [-0.39, 0.29) is 12.5 Å². The van der Waals surface area contributed by atoms with Crippen molar-refractivity contribution in [2.45, 2.75) is 96.6 Å². The predicted octanol–water partition coefficient (Wildman–Crippen LogP) is 4.82. The number of carbonyl (C=O) groups excluding carboxylic acids is 1. The molecule has 156 valence electrons. The minimum atomic E-state index is -0.859. The van der Waals surface area contributed by atoms with Gasteiger partial charge in [0.15, 0.2) is 0 Å². The fourth-order valence-corrected chi connectivity index (χ4v) is 2.68. The third-order valence-electron chi connectivity index (χ3n) is 4.37. The molecule has 2 atom stereocenters. The van der Waals surface area contributed by atoms with Crippen LogP contribution in [0.2, 0.25) is 0 Å². The molecule has 0 aliphatic heterocycles. The van der Waals surface area contributed by atoms with Crippen molar-refractivity contribution < 1.29 is 15.0 Å². The van der Waals surface area contributed by atoms with Gasteiger partial charge in [0, 0.05) is 6.42 Å². The number of carbonyl (C=O) groups is 1. The van der Waals surface area contributed by atoms with Gasteiger partial charge in [-0.25, -0.2) is 0 Å². The Kier molecular flexibility index (Phi) is 18.4. The molecule has 0 fully saturated rings. The number of nitrogens with one attached hydrogen (secondary N) is 1. The quantitative estimate of drug-likeness (QED) is 0.250. The van der Waals surface area contributed by atoms with Gasteiger partial charge in [-0.2, -0.15) is 0 Å². The summed E-state index contributed by atoms with van der Waals surface area (Å²) in [6.45, 7) is 4.03. The Morgan fingerprint density at radius 2 is 1.48 bits per heavy atom. The van der Waals surface area contributed by atoms with Crippen LogP contribution in [0.1, 0.15) is 84.5 Å². The molecule has 0 aromatic heterocycles. The summed E-state index contributed by atoms with van der Waals surface area (Å²) in [7, 11) is 0. The smallest absolute Gasteiger partial charge is 0.220 e. The topological polar surface area (TPSA) is 69.6 Å². The summed E-state index contributed by atoms with van der Waals surface area (Å²) in [6.07, 6.45) is 22.3. The molecule has 0 aromatic rings. The summed E-state index contributed by atoms with van der Waals surface area (Å²) in [6, 6.07) is -0.634. The number of allylic oxidation sites excluding steroid dienone is 5. The van der Waals surface area contributed by atoms with Gasteiger partial charge in [0.05, 0.1) is 18.8 Å². The van der Waals surface area contributed by atoms with Crippen molar-refractivity contribution in [1.82, 2.24) is 5.32 Å². The molecule has 27 heavy (non-hydrogen) atoms. The minimum absolute atomic E-state index is 0.0990. The highest BCUT2D eigenvalue weighted by Crippen LogP contribution is 2.06. The molecule has 4 nitrogen and oxygen atoms in total. The highest BCUT2D eigenvalue weighted by molar-refractivity contribution is 5.76. The molecule has 0 bridgehead atoms. The number of amides is 1. The van der Waals surface area contributed by atoms with Gasteiger partial charge >= 0.3 is 0 Å². The second kappa shape index (κ2) is 19.4. The lowest BCUT2D eigenvalue weighted by Gasteiger charge is -2.19. The van der Waals surface area contributed by atoms with E-state index in [4.69, 9.17) is 0 Å². The van der Waals surface area contributed by atoms with Crippen molar-refractivity contribution in [2.75, 3.05) is 6.61 Å². The Bertz CT molecular complexity index is 429. The summed E-state index contributed by atoms with van der Waals surface area (Å²) < 4.78 is 0. The van der Waals surface area contributed by atoms with Crippen LogP contribution in [0.15, 0.2) is 36.5 Å². The van der Waals surface area contributed by atoms with Gasteiger partial charge in [-0.1, -0.05) is 76.0 Å². The van der Waals surface area contributed by atoms with E-state index >= 15 is 0 Å². The lowest BCUT2D eigenvalue weighted by Crippen LogP contribution is -2.45.